The fourth-order valence-corrected chi connectivity index (χ4v) is 6.07. The quantitative estimate of drug-likeness (QED) is 0.467. The minimum Gasteiger partial charge on any atom is -0.366 e. The second-order valence-corrected chi connectivity index (χ2v) is 13.0. The molecule has 1 amide bonds. The second kappa shape index (κ2) is 11.2. The van der Waals surface area contributed by atoms with E-state index in [2.05, 4.69) is 5.32 Å². The van der Waals surface area contributed by atoms with E-state index in [4.69, 9.17) is 16.3 Å². The first kappa shape index (κ1) is 29.5. The highest BCUT2D eigenvalue weighted by molar-refractivity contribution is 7.90. The molecule has 4 rings (SSSR count). The first-order valence-corrected chi connectivity index (χ1v) is 14.8. The van der Waals surface area contributed by atoms with Crippen LogP contribution in [0.15, 0.2) is 53.4 Å². The molecule has 0 radical (unpaired) electrons. The minimum atomic E-state index is -4.72. The number of hydrogen-bond donors (Lipinski definition) is 1. The highest BCUT2D eigenvalue weighted by Crippen LogP contribution is 2.36. The Morgan fingerprint density at radius 1 is 1.10 bits per heavy atom. The van der Waals surface area contributed by atoms with E-state index in [-0.39, 0.29) is 41.7 Å². The van der Waals surface area contributed by atoms with Gasteiger partial charge in [0.15, 0.2) is 15.6 Å². The van der Waals surface area contributed by atoms with Crippen molar-refractivity contribution in [1.29, 1.82) is 0 Å². The molecule has 2 fully saturated rings. The Morgan fingerprint density at radius 2 is 1.67 bits per heavy atom. The number of nitrogens with one attached hydrogen (secondary N) is 1. The van der Waals surface area contributed by atoms with Crippen LogP contribution < -0.4 is 5.32 Å². The van der Waals surface area contributed by atoms with Gasteiger partial charge >= 0.3 is 6.18 Å². The van der Waals surface area contributed by atoms with Gasteiger partial charge in [-0.2, -0.15) is 13.2 Å². The third-order valence-corrected chi connectivity index (χ3v) is 8.48. The van der Waals surface area contributed by atoms with Gasteiger partial charge in [-0.25, -0.2) is 8.42 Å². The lowest BCUT2D eigenvalue weighted by molar-refractivity contribution is -0.163. The van der Waals surface area contributed by atoms with Gasteiger partial charge in [-0.05, 0) is 41.2 Å². The molecule has 2 aliphatic heterocycles. The number of nitrogens with zero attached hydrogens (tertiary/aromatic N) is 1. The van der Waals surface area contributed by atoms with E-state index >= 15 is 0 Å². The molecular weight excluding hydrogens is 557 g/mol. The molecule has 5 atom stereocenters. The van der Waals surface area contributed by atoms with Crippen LogP contribution in [-0.2, 0) is 24.2 Å². The van der Waals surface area contributed by atoms with E-state index in [1.54, 1.807) is 26.0 Å². The highest BCUT2D eigenvalue weighted by atomic mass is 35.5. The van der Waals surface area contributed by atoms with E-state index < -0.39 is 51.5 Å². The summed E-state index contributed by atoms with van der Waals surface area (Å²) < 4.78 is 71.8. The summed E-state index contributed by atoms with van der Waals surface area (Å²) >= 11 is 6.30. The lowest BCUT2D eigenvalue weighted by Crippen LogP contribution is -2.53. The number of carbonyl (C=O) groups excluding carboxylic acids is 2. The Bertz CT molecular complexity index is 1320. The molecule has 2 aromatic rings. The van der Waals surface area contributed by atoms with Crippen LogP contribution in [0.3, 0.4) is 0 Å². The number of likely N-dealkylation sites (tertiary alicyclic amines) is 1. The number of ketones is 1. The summed E-state index contributed by atoms with van der Waals surface area (Å²) in [6.07, 6.45) is -4.18. The maximum atomic E-state index is 14.3. The van der Waals surface area contributed by atoms with E-state index in [1.807, 2.05) is 0 Å². The number of fused-ring (bicyclic) bond motifs is 1. The van der Waals surface area contributed by atoms with Crippen molar-refractivity contribution < 1.29 is 35.9 Å². The average Bonchev–Trinajstić information content (AvgIpc) is 3.40. The molecule has 12 heteroatoms. The Kier molecular flexibility index (Phi) is 8.47. The zero-order valence-corrected chi connectivity index (χ0v) is 23.2. The summed E-state index contributed by atoms with van der Waals surface area (Å²) in [7, 11) is -3.38. The molecule has 2 aromatic carbocycles. The monoisotopic (exact) mass is 586 g/mol. The van der Waals surface area contributed by atoms with Gasteiger partial charge in [-0.1, -0.05) is 50.2 Å². The average molecular weight is 587 g/mol. The topological polar surface area (TPSA) is 92.8 Å². The molecule has 1 N–H and O–H groups in total. The summed E-state index contributed by atoms with van der Waals surface area (Å²) in [5.41, 5.74) is 1.15. The summed E-state index contributed by atoms with van der Waals surface area (Å²) in [5.74, 6) is -1.04. The van der Waals surface area contributed by atoms with Crippen molar-refractivity contribution in [2.45, 2.75) is 60.9 Å². The lowest BCUT2D eigenvalue weighted by atomic mass is 9.97. The molecule has 212 valence electrons. The normalized spacial score (nSPS) is 23.2. The van der Waals surface area contributed by atoms with Crippen molar-refractivity contribution in [3.05, 3.63) is 54.1 Å². The SMILES string of the molecule is CC(C)C[C@H](NC(c1ccc(-c2ccc(S(C)(=O)=O)cc2)cc1)C(F)(F)F)C(=O)N1C[C@@H](Cl)[C@H]2OCC(=O)[C@H]21. The van der Waals surface area contributed by atoms with Gasteiger partial charge in [0, 0.05) is 12.8 Å². The molecule has 2 heterocycles. The van der Waals surface area contributed by atoms with Gasteiger partial charge in [0.05, 0.1) is 16.3 Å². The second-order valence-electron chi connectivity index (χ2n) is 10.4. The van der Waals surface area contributed by atoms with Crippen molar-refractivity contribution in [3.63, 3.8) is 0 Å². The number of rotatable bonds is 8. The van der Waals surface area contributed by atoms with Crippen LogP contribution in [0.5, 0.6) is 0 Å². The van der Waals surface area contributed by atoms with Gasteiger partial charge < -0.3 is 9.64 Å². The highest BCUT2D eigenvalue weighted by Gasteiger charge is 2.53. The number of sulfone groups is 1. The number of hydrogen-bond acceptors (Lipinski definition) is 6. The first-order chi connectivity index (χ1) is 18.2. The lowest BCUT2D eigenvalue weighted by Gasteiger charge is -2.32. The molecule has 0 saturated carbocycles. The van der Waals surface area contributed by atoms with E-state index in [1.165, 1.54) is 41.3 Å². The van der Waals surface area contributed by atoms with Crippen LogP contribution in [0, 0.1) is 5.92 Å². The first-order valence-electron chi connectivity index (χ1n) is 12.5. The third-order valence-electron chi connectivity index (χ3n) is 6.97. The number of amides is 1. The molecule has 7 nitrogen and oxygen atoms in total. The molecule has 0 bridgehead atoms. The van der Waals surface area contributed by atoms with Crippen LogP contribution in [0.2, 0.25) is 0 Å². The van der Waals surface area contributed by atoms with Crippen LogP contribution >= 0.6 is 11.6 Å². The minimum absolute atomic E-state index is 0.0151. The largest absolute Gasteiger partial charge is 0.407 e. The fraction of sp³-hybridized carbons (Fsp3) is 0.481. The number of Topliss-reactive ketones (excluding diaryl/α,β-unsaturated/α-hetero) is 1. The van der Waals surface area contributed by atoms with Gasteiger partial charge in [-0.15, -0.1) is 11.6 Å². The standard InChI is InChI=1S/C27H30ClF3N2O5S/c1-15(2)12-21(26(35)33-13-20(28)24-23(33)22(34)14-38-24)32-25(27(29,30)31)18-6-4-16(5-7-18)17-8-10-19(11-9-17)39(3,36)37/h4-11,15,20-21,23-25,32H,12-14H2,1-3H3/t20-,21+,23-,24-,25?/m1/s1. The zero-order chi connectivity index (χ0) is 28.7. The van der Waals surface area contributed by atoms with E-state index in [0.717, 1.165) is 6.26 Å². The van der Waals surface area contributed by atoms with Crippen molar-refractivity contribution in [2.24, 2.45) is 5.92 Å². The number of alkyl halides is 4. The van der Waals surface area contributed by atoms with Crippen LogP contribution in [0.25, 0.3) is 11.1 Å². The smallest absolute Gasteiger partial charge is 0.366 e. The van der Waals surface area contributed by atoms with Gasteiger partial charge in [0.2, 0.25) is 5.91 Å². The molecule has 0 aliphatic carbocycles. The van der Waals surface area contributed by atoms with E-state index in [0.29, 0.717) is 11.1 Å². The number of benzene rings is 2. The molecule has 0 aromatic heterocycles. The molecule has 2 saturated heterocycles. The number of ether oxygens (including phenoxy) is 1. The van der Waals surface area contributed by atoms with Crippen molar-refractivity contribution in [3.8, 4) is 11.1 Å². The van der Waals surface area contributed by atoms with Crippen LogP contribution in [0.1, 0.15) is 31.9 Å². The molecule has 2 aliphatic rings. The maximum Gasteiger partial charge on any atom is 0.407 e. The maximum absolute atomic E-state index is 14.3. The Hall–Kier alpha value is -2.47. The third kappa shape index (κ3) is 6.48. The van der Waals surface area contributed by atoms with Crippen LogP contribution in [0.4, 0.5) is 13.2 Å². The summed E-state index contributed by atoms with van der Waals surface area (Å²) in [5, 5.41) is 1.91. The Labute approximate surface area is 230 Å². The zero-order valence-electron chi connectivity index (χ0n) is 21.6. The predicted octanol–water partition coefficient (Wildman–Crippen LogP) is 4.15. The summed E-state index contributed by atoms with van der Waals surface area (Å²) in [6, 6.07) is 7.49. The van der Waals surface area contributed by atoms with Gasteiger partial charge in [-0.3, -0.25) is 14.9 Å². The predicted molar refractivity (Wildman–Crippen MR) is 140 cm³/mol. The Morgan fingerprint density at radius 3 is 2.18 bits per heavy atom. The van der Waals surface area contributed by atoms with Crippen molar-refractivity contribution in [2.75, 3.05) is 19.4 Å². The Balaban J connectivity index is 1.59. The number of carbonyl (C=O) groups is 2. The summed E-state index contributed by atoms with van der Waals surface area (Å²) in [4.78, 5) is 27.3. The van der Waals surface area contributed by atoms with E-state index in [9.17, 15) is 31.2 Å². The van der Waals surface area contributed by atoms with Gasteiger partial charge in [0.25, 0.3) is 0 Å². The molecule has 39 heavy (non-hydrogen) atoms. The van der Waals surface area contributed by atoms with Crippen LogP contribution in [-0.4, -0.2) is 74.2 Å². The molecular formula is C27H30ClF3N2O5S. The molecule has 0 spiro atoms. The van der Waals surface area contributed by atoms with Crippen molar-refractivity contribution >= 4 is 33.1 Å². The molecule has 1 unspecified atom stereocenters. The summed E-state index contributed by atoms with van der Waals surface area (Å²) in [6.45, 7) is 3.44. The fourth-order valence-electron chi connectivity index (χ4n) is 5.08. The van der Waals surface area contributed by atoms with Crippen molar-refractivity contribution in [1.82, 2.24) is 10.2 Å². The van der Waals surface area contributed by atoms with Gasteiger partial charge in [0.1, 0.15) is 24.8 Å². The number of halogens is 4.